The van der Waals surface area contributed by atoms with E-state index in [1.54, 1.807) is 17.4 Å². The van der Waals surface area contributed by atoms with Crippen molar-refractivity contribution in [3.05, 3.63) is 50.9 Å². The summed E-state index contributed by atoms with van der Waals surface area (Å²) in [4.78, 5) is 4.55. The first kappa shape index (κ1) is 15.4. The zero-order valence-corrected chi connectivity index (χ0v) is 13.2. The number of thiazole rings is 1. The van der Waals surface area contributed by atoms with Gasteiger partial charge in [-0.1, -0.05) is 43.6 Å². The molecule has 1 unspecified atom stereocenters. The van der Waals surface area contributed by atoms with Crippen molar-refractivity contribution in [1.29, 1.82) is 0 Å². The van der Waals surface area contributed by atoms with Gasteiger partial charge in [0.2, 0.25) is 0 Å². The first-order valence-electron chi connectivity index (χ1n) is 6.65. The van der Waals surface area contributed by atoms with Crippen molar-refractivity contribution in [2.24, 2.45) is 0 Å². The molecule has 0 amide bonds. The van der Waals surface area contributed by atoms with E-state index >= 15 is 0 Å². The Morgan fingerprint density at radius 3 is 2.75 bits per heavy atom. The Hall–Kier alpha value is -0.940. The predicted molar refractivity (Wildman–Crippen MR) is 84.3 cm³/mol. The topological polar surface area (TPSA) is 45.2 Å². The molecule has 5 heteroatoms. The highest BCUT2D eigenvalue weighted by Crippen LogP contribution is 2.22. The third-order valence-electron chi connectivity index (χ3n) is 2.97. The van der Waals surface area contributed by atoms with Crippen LogP contribution >= 0.6 is 22.9 Å². The van der Waals surface area contributed by atoms with Crippen LogP contribution in [0.1, 0.15) is 42.1 Å². The number of benzene rings is 1. The number of nitrogens with one attached hydrogen (secondary N) is 1. The number of aliphatic hydroxyl groups excluding tert-OH is 1. The lowest BCUT2D eigenvalue weighted by Gasteiger charge is -2.13. The molecule has 0 radical (unpaired) electrons. The lowest BCUT2D eigenvalue weighted by molar-refractivity contribution is 0.174. The molecular formula is C15H19ClN2OS. The van der Waals surface area contributed by atoms with Gasteiger partial charge in [0, 0.05) is 35.0 Å². The van der Waals surface area contributed by atoms with Gasteiger partial charge < -0.3 is 10.4 Å². The summed E-state index contributed by atoms with van der Waals surface area (Å²) in [6.07, 6.45) is -0.605. The van der Waals surface area contributed by atoms with Crippen molar-refractivity contribution >= 4 is 22.9 Å². The van der Waals surface area contributed by atoms with Crippen LogP contribution in [0, 0.1) is 0 Å². The third kappa shape index (κ3) is 4.03. The summed E-state index contributed by atoms with van der Waals surface area (Å²) in [7, 11) is 0. The minimum atomic E-state index is -0.605. The Morgan fingerprint density at radius 1 is 1.35 bits per heavy atom. The summed E-state index contributed by atoms with van der Waals surface area (Å²) in [5.74, 6) is 0.461. The molecule has 20 heavy (non-hydrogen) atoms. The van der Waals surface area contributed by atoms with Crippen LogP contribution in [-0.4, -0.2) is 16.6 Å². The van der Waals surface area contributed by atoms with Gasteiger partial charge in [-0.2, -0.15) is 0 Å². The quantitative estimate of drug-likeness (QED) is 0.854. The predicted octanol–water partition coefficient (Wildman–Crippen LogP) is 3.74. The van der Waals surface area contributed by atoms with E-state index in [-0.39, 0.29) is 0 Å². The zero-order valence-electron chi connectivity index (χ0n) is 11.6. The minimum absolute atomic E-state index is 0.457. The highest BCUT2D eigenvalue weighted by molar-refractivity contribution is 7.09. The molecule has 2 aromatic rings. The summed E-state index contributed by atoms with van der Waals surface area (Å²) in [6.45, 7) is 5.39. The average molecular weight is 311 g/mol. The monoisotopic (exact) mass is 310 g/mol. The van der Waals surface area contributed by atoms with Crippen LogP contribution in [-0.2, 0) is 6.54 Å². The first-order chi connectivity index (χ1) is 9.58. The van der Waals surface area contributed by atoms with Crippen LogP contribution in [0.4, 0.5) is 0 Å². The second kappa shape index (κ2) is 7.18. The van der Waals surface area contributed by atoms with E-state index in [0.29, 0.717) is 24.0 Å². The SMILES string of the molecule is CC(C)c1nc(CNCC(O)c2ccccc2Cl)cs1. The van der Waals surface area contributed by atoms with Crippen molar-refractivity contribution in [3.8, 4) is 0 Å². The van der Waals surface area contributed by atoms with Gasteiger partial charge in [-0.05, 0) is 6.07 Å². The van der Waals surface area contributed by atoms with Crippen LogP contribution < -0.4 is 5.32 Å². The number of nitrogens with zero attached hydrogens (tertiary/aromatic N) is 1. The molecule has 1 heterocycles. The summed E-state index contributed by atoms with van der Waals surface area (Å²) >= 11 is 7.74. The van der Waals surface area contributed by atoms with E-state index in [2.05, 4.69) is 29.5 Å². The standard InChI is InChI=1S/C15H19ClN2OS/c1-10(2)15-18-11(9-20-15)7-17-8-14(19)12-5-3-4-6-13(12)16/h3-6,9-10,14,17,19H,7-8H2,1-2H3. The van der Waals surface area contributed by atoms with Gasteiger partial charge in [0.25, 0.3) is 0 Å². The third-order valence-corrected chi connectivity index (χ3v) is 4.51. The first-order valence-corrected chi connectivity index (χ1v) is 7.91. The number of aromatic nitrogens is 1. The van der Waals surface area contributed by atoms with E-state index in [9.17, 15) is 5.11 Å². The molecule has 1 atom stereocenters. The van der Waals surface area contributed by atoms with Gasteiger partial charge in [0.05, 0.1) is 16.8 Å². The lowest BCUT2D eigenvalue weighted by atomic mass is 10.1. The van der Waals surface area contributed by atoms with Crippen LogP contribution in [0.15, 0.2) is 29.6 Å². The number of rotatable bonds is 6. The molecule has 0 spiro atoms. The minimum Gasteiger partial charge on any atom is -0.387 e. The Bertz CT molecular complexity index is 556. The van der Waals surface area contributed by atoms with Crippen LogP contribution in [0.25, 0.3) is 0 Å². The number of hydrogen-bond donors (Lipinski definition) is 2. The maximum Gasteiger partial charge on any atom is 0.0954 e. The molecule has 0 saturated heterocycles. The summed E-state index contributed by atoms with van der Waals surface area (Å²) in [5, 5.41) is 17.1. The molecule has 108 valence electrons. The van der Waals surface area contributed by atoms with Gasteiger partial charge >= 0.3 is 0 Å². The molecular weight excluding hydrogens is 292 g/mol. The smallest absolute Gasteiger partial charge is 0.0954 e. The molecule has 2 rings (SSSR count). The summed E-state index contributed by atoms with van der Waals surface area (Å²) in [5.41, 5.74) is 1.77. The average Bonchev–Trinajstić information content (AvgIpc) is 2.88. The van der Waals surface area contributed by atoms with Gasteiger partial charge in [-0.3, -0.25) is 0 Å². The molecule has 3 nitrogen and oxygen atoms in total. The van der Waals surface area contributed by atoms with Crippen molar-refractivity contribution in [2.45, 2.75) is 32.4 Å². The van der Waals surface area contributed by atoms with Crippen molar-refractivity contribution in [3.63, 3.8) is 0 Å². The molecule has 1 aromatic heterocycles. The number of aliphatic hydroxyl groups is 1. The van der Waals surface area contributed by atoms with Gasteiger partial charge in [-0.25, -0.2) is 4.98 Å². The van der Waals surface area contributed by atoms with Crippen LogP contribution in [0.3, 0.4) is 0 Å². The maximum absolute atomic E-state index is 10.1. The second-order valence-corrected chi connectivity index (χ2v) is 6.30. The fourth-order valence-electron chi connectivity index (χ4n) is 1.86. The second-order valence-electron chi connectivity index (χ2n) is 5.00. The summed E-state index contributed by atoms with van der Waals surface area (Å²) < 4.78 is 0. The highest BCUT2D eigenvalue weighted by Gasteiger charge is 2.11. The maximum atomic E-state index is 10.1. The van der Waals surface area contributed by atoms with E-state index in [1.165, 1.54) is 0 Å². The van der Waals surface area contributed by atoms with Gasteiger partial charge in [0.1, 0.15) is 0 Å². The van der Waals surface area contributed by atoms with Crippen molar-refractivity contribution in [2.75, 3.05) is 6.54 Å². The molecule has 0 fully saturated rings. The zero-order chi connectivity index (χ0) is 14.5. The Kier molecular flexibility index (Phi) is 5.54. The molecule has 0 bridgehead atoms. The van der Waals surface area contributed by atoms with Crippen molar-refractivity contribution < 1.29 is 5.11 Å². The summed E-state index contributed by atoms with van der Waals surface area (Å²) in [6, 6.07) is 7.36. The van der Waals surface area contributed by atoms with E-state index in [0.717, 1.165) is 16.3 Å². The van der Waals surface area contributed by atoms with Gasteiger partial charge in [-0.15, -0.1) is 11.3 Å². The molecule has 2 N–H and O–H groups in total. The van der Waals surface area contributed by atoms with Crippen LogP contribution in [0.2, 0.25) is 5.02 Å². The fraction of sp³-hybridized carbons (Fsp3) is 0.400. The highest BCUT2D eigenvalue weighted by atomic mass is 35.5. The van der Waals surface area contributed by atoms with Crippen molar-refractivity contribution in [1.82, 2.24) is 10.3 Å². The Labute approximate surface area is 128 Å². The number of hydrogen-bond acceptors (Lipinski definition) is 4. The molecule has 0 aliphatic carbocycles. The molecule has 0 aliphatic heterocycles. The largest absolute Gasteiger partial charge is 0.387 e. The fourth-order valence-corrected chi connectivity index (χ4v) is 2.96. The molecule has 0 aliphatic rings. The molecule has 0 saturated carbocycles. The van der Waals surface area contributed by atoms with E-state index in [1.807, 2.05) is 18.2 Å². The Balaban J connectivity index is 1.85. The Morgan fingerprint density at radius 2 is 2.10 bits per heavy atom. The van der Waals surface area contributed by atoms with E-state index in [4.69, 9.17) is 11.6 Å². The normalized spacial score (nSPS) is 12.8. The molecule has 1 aromatic carbocycles. The lowest BCUT2D eigenvalue weighted by Crippen LogP contribution is -2.21. The number of halogens is 1. The van der Waals surface area contributed by atoms with Crippen LogP contribution in [0.5, 0.6) is 0 Å². The van der Waals surface area contributed by atoms with Gasteiger partial charge in [0.15, 0.2) is 0 Å². The van der Waals surface area contributed by atoms with E-state index < -0.39 is 6.10 Å².